The first-order valence-corrected chi connectivity index (χ1v) is 9.09. The van der Waals surface area contributed by atoms with Gasteiger partial charge in [-0.15, -0.1) is 23.1 Å². The van der Waals surface area contributed by atoms with Crippen LogP contribution < -0.4 is 5.32 Å². The molecule has 0 fully saturated rings. The van der Waals surface area contributed by atoms with Crippen LogP contribution in [0.4, 0.5) is 5.69 Å². The molecule has 0 spiro atoms. The van der Waals surface area contributed by atoms with Crippen LogP contribution >= 0.6 is 57.9 Å². The molecule has 1 N–H and O–H groups in total. The molecule has 1 aromatic heterocycles. The Labute approximate surface area is 141 Å². The van der Waals surface area contributed by atoms with E-state index in [1.165, 1.54) is 9.77 Å². The fourth-order valence-electron chi connectivity index (χ4n) is 2.31. The molecule has 0 radical (unpaired) electrons. The first-order valence-electron chi connectivity index (χ1n) is 6.19. The van der Waals surface area contributed by atoms with Gasteiger partial charge in [0.1, 0.15) is 0 Å². The lowest BCUT2D eigenvalue weighted by atomic mass is 10.0. The lowest BCUT2D eigenvalue weighted by Crippen LogP contribution is -2.19. The van der Waals surface area contributed by atoms with Crippen molar-refractivity contribution in [2.75, 3.05) is 5.32 Å². The van der Waals surface area contributed by atoms with Gasteiger partial charge in [0.2, 0.25) is 0 Å². The van der Waals surface area contributed by atoms with Crippen LogP contribution in [0.15, 0.2) is 27.8 Å². The standard InChI is InChI=1S/C14H12Cl3NS2/c1-7-4-12(8-2-3-19-14(8)20-7)18-13-6-10(16)9(15)5-11(13)17/h2-3,5-7,12,18H,4H2,1H3/t7-,12?/m0/s1. The van der Waals surface area contributed by atoms with Gasteiger partial charge in [-0.25, -0.2) is 0 Å². The summed E-state index contributed by atoms with van der Waals surface area (Å²) in [6.07, 6.45) is 1.06. The molecule has 6 heteroatoms. The van der Waals surface area contributed by atoms with Crippen LogP contribution in [0.25, 0.3) is 0 Å². The van der Waals surface area contributed by atoms with E-state index in [0.717, 1.165) is 12.1 Å². The molecule has 0 saturated heterocycles. The molecule has 3 rings (SSSR count). The summed E-state index contributed by atoms with van der Waals surface area (Å²) < 4.78 is 1.39. The van der Waals surface area contributed by atoms with Crippen LogP contribution in [0.1, 0.15) is 24.9 Å². The van der Waals surface area contributed by atoms with Gasteiger partial charge >= 0.3 is 0 Å². The normalized spacial score (nSPS) is 21.6. The highest BCUT2D eigenvalue weighted by molar-refractivity contribution is 8.01. The first-order chi connectivity index (χ1) is 9.54. The minimum absolute atomic E-state index is 0.266. The molecule has 1 aliphatic heterocycles. The molecule has 1 unspecified atom stereocenters. The van der Waals surface area contributed by atoms with E-state index in [-0.39, 0.29) is 6.04 Å². The third-order valence-corrected chi connectivity index (χ3v) is 6.63. The molecule has 1 nitrogen and oxygen atoms in total. The van der Waals surface area contributed by atoms with E-state index in [1.54, 1.807) is 23.5 Å². The lowest BCUT2D eigenvalue weighted by Gasteiger charge is -2.28. The Balaban J connectivity index is 1.91. The number of fused-ring (bicyclic) bond motifs is 1. The molecule has 0 amide bonds. The third kappa shape index (κ3) is 2.93. The largest absolute Gasteiger partial charge is 0.377 e. The Kier molecular flexibility index (Phi) is 4.44. The monoisotopic (exact) mass is 363 g/mol. The van der Waals surface area contributed by atoms with Crippen molar-refractivity contribution < 1.29 is 0 Å². The zero-order valence-electron chi connectivity index (χ0n) is 10.6. The molecular weight excluding hydrogens is 353 g/mol. The molecule has 0 aliphatic carbocycles. The average molecular weight is 365 g/mol. The number of anilines is 1. The number of hydrogen-bond donors (Lipinski definition) is 1. The van der Waals surface area contributed by atoms with Gasteiger partial charge in [0.05, 0.1) is 31.0 Å². The summed E-state index contributed by atoms with van der Waals surface area (Å²) in [5.74, 6) is 0. The summed E-state index contributed by atoms with van der Waals surface area (Å²) in [6.45, 7) is 2.25. The smallest absolute Gasteiger partial charge is 0.0653 e. The predicted molar refractivity (Wildman–Crippen MR) is 92.1 cm³/mol. The van der Waals surface area contributed by atoms with E-state index in [4.69, 9.17) is 34.8 Å². The summed E-state index contributed by atoms with van der Waals surface area (Å²) in [4.78, 5) is 0. The number of benzene rings is 1. The summed E-state index contributed by atoms with van der Waals surface area (Å²) in [7, 11) is 0. The van der Waals surface area contributed by atoms with E-state index >= 15 is 0 Å². The molecular formula is C14H12Cl3NS2. The Bertz CT molecular complexity index is 641. The van der Waals surface area contributed by atoms with Gasteiger partial charge in [-0.2, -0.15) is 0 Å². The highest BCUT2D eigenvalue weighted by Gasteiger charge is 2.26. The van der Waals surface area contributed by atoms with E-state index in [9.17, 15) is 0 Å². The van der Waals surface area contributed by atoms with E-state index in [2.05, 4.69) is 23.7 Å². The van der Waals surface area contributed by atoms with Crippen molar-refractivity contribution in [1.29, 1.82) is 0 Å². The molecule has 2 heterocycles. The molecule has 1 aliphatic rings. The van der Waals surface area contributed by atoms with Gasteiger partial charge < -0.3 is 5.32 Å². The van der Waals surface area contributed by atoms with Gasteiger partial charge in [-0.3, -0.25) is 0 Å². The minimum atomic E-state index is 0.266. The minimum Gasteiger partial charge on any atom is -0.377 e. The van der Waals surface area contributed by atoms with Crippen molar-refractivity contribution in [2.24, 2.45) is 0 Å². The SMILES string of the molecule is C[C@H]1CC(Nc2cc(Cl)c(Cl)cc2Cl)c2ccsc2S1. The van der Waals surface area contributed by atoms with Gasteiger partial charge in [0, 0.05) is 5.25 Å². The maximum atomic E-state index is 6.25. The fraction of sp³-hybridized carbons (Fsp3) is 0.286. The van der Waals surface area contributed by atoms with Crippen molar-refractivity contribution in [3.63, 3.8) is 0 Å². The summed E-state index contributed by atoms with van der Waals surface area (Å²) in [6, 6.07) is 5.93. The van der Waals surface area contributed by atoms with Crippen molar-refractivity contribution in [3.05, 3.63) is 44.2 Å². The van der Waals surface area contributed by atoms with E-state index in [0.29, 0.717) is 20.3 Å². The molecule has 2 aromatic rings. The highest BCUT2D eigenvalue weighted by atomic mass is 35.5. The van der Waals surface area contributed by atoms with Crippen LogP contribution in [0.2, 0.25) is 15.1 Å². The fourth-order valence-corrected chi connectivity index (χ4v) is 5.47. The second kappa shape index (κ2) is 5.98. The van der Waals surface area contributed by atoms with Gasteiger partial charge in [-0.05, 0) is 35.6 Å². The molecule has 2 atom stereocenters. The van der Waals surface area contributed by atoms with Crippen molar-refractivity contribution in [2.45, 2.75) is 28.8 Å². The van der Waals surface area contributed by atoms with Gasteiger partial charge in [0.15, 0.2) is 0 Å². The van der Waals surface area contributed by atoms with E-state index in [1.807, 2.05) is 11.8 Å². The lowest BCUT2D eigenvalue weighted by molar-refractivity contribution is 0.670. The Hall–Kier alpha value is -0.0600. The molecule has 1 aromatic carbocycles. The van der Waals surface area contributed by atoms with Crippen LogP contribution in [0, 0.1) is 0 Å². The van der Waals surface area contributed by atoms with E-state index < -0.39 is 0 Å². The molecule has 0 bridgehead atoms. The zero-order chi connectivity index (χ0) is 14.3. The molecule has 0 saturated carbocycles. The van der Waals surface area contributed by atoms with Gasteiger partial charge in [-0.1, -0.05) is 41.7 Å². The third-order valence-electron chi connectivity index (χ3n) is 3.25. The molecule has 106 valence electrons. The van der Waals surface area contributed by atoms with Gasteiger partial charge in [0.25, 0.3) is 0 Å². The zero-order valence-corrected chi connectivity index (χ0v) is 14.5. The van der Waals surface area contributed by atoms with Crippen molar-refractivity contribution in [3.8, 4) is 0 Å². The summed E-state index contributed by atoms with van der Waals surface area (Å²) in [5.41, 5.74) is 2.18. The highest BCUT2D eigenvalue weighted by Crippen LogP contribution is 2.45. The van der Waals surface area contributed by atoms with Crippen molar-refractivity contribution in [1.82, 2.24) is 0 Å². The predicted octanol–water partition coefficient (Wildman–Crippen LogP) is 6.75. The van der Waals surface area contributed by atoms with Crippen molar-refractivity contribution >= 4 is 63.6 Å². The number of thiophene rings is 1. The van der Waals surface area contributed by atoms with Crippen LogP contribution in [-0.2, 0) is 0 Å². The maximum absolute atomic E-state index is 6.25. The Morgan fingerprint density at radius 3 is 2.70 bits per heavy atom. The number of nitrogens with one attached hydrogen (secondary N) is 1. The second-order valence-electron chi connectivity index (χ2n) is 4.77. The quantitative estimate of drug-likeness (QED) is 0.592. The summed E-state index contributed by atoms with van der Waals surface area (Å²) in [5, 5.41) is 7.82. The number of hydrogen-bond acceptors (Lipinski definition) is 3. The Morgan fingerprint density at radius 1 is 1.15 bits per heavy atom. The maximum Gasteiger partial charge on any atom is 0.0653 e. The van der Waals surface area contributed by atoms with Crippen LogP contribution in [0.5, 0.6) is 0 Å². The second-order valence-corrected chi connectivity index (χ2v) is 8.62. The van der Waals surface area contributed by atoms with Crippen LogP contribution in [-0.4, -0.2) is 5.25 Å². The average Bonchev–Trinajstić information content (AvgIpc) is 2.84. The summed E-state index contributed by atoms with van der Waals surface area (Å²) >= 11 is 22.0. The van der Waals surface area contributed by atoms with Crippen LogP contribution in [0.3, 0.4) is 0 Å². The molecule has 20 heavy (non-hydrogen) atoms. The number of rotatable bonds is 2. The topological polar surface area (TPSA) is 12.0 Å². The number of thioether (sulfide) groups is 1. The number of halogens is 3. The first kappa shape index (κ1) is 14.9. The Morgan fingerprint density at radius 2 is 1.90 bits per heavy atom.